The van der Waals surface area contributed by atoms with E-state index in [1.807, 2.05) is 33.8 Å². The molecular weight excluding hydrogens is 212 g/mol. The summed E-state index contributed by atoms with van der Waals surface area (Å²) in [6.07, 6.45) is 0. The minimum Gasteiger partial charge on any atom is -0.428 e. The summed E-state index contributed by atoms with van der Waals surface area (Å²) >= 11 is 0. The second kappa shape index (κ2) is 6.43. The monoisotopic (exact) mass is 236 g/mol. The molecule has 1 aromatic carbocycles. The number of aryl methyl sites for hydroxylation is 2. The average Bonchev–Trinajstić information content (AvgIpc) is 2.17. The van der Waals surface area contributed by atoms with Crippen LogP contribution in [0, 0.1) is 13.8 Å². The zero-order valence-electron chi connectivity index (χ0n) is 12.0. The Labute approximate surface area is 105 Å². The van der Waals surface area contributed by atoms with E-state index in [9.17, 15) is 4.79 Å². The lowest BCUT2D eigenvalue weighted by atomic mass is 9.83. The molecule has 0 saturated heterocycles. The molecule has 0 bridgehead atoms. The standard InChI is InChI=1S/C13H18O2.C2H6/c1-9-6-10(2)12(13(3,4)5)11(7-9)15-8-14;1-2/h6-8H,1-5H3;1-2H3. The summed E-state index contributed by atoms with van der Waals surface area (Å²) in [5, 5.41) is 0. The van der Waals surface area contributed by atoms with Crippen LogP contribution in [-0.2, 0) is 10.2 Å². The topological polar surface area (TPSA) is 26.3 Å². The molecule has 2 heteroatoms. The van der Waals surface area contributed by atoms with Crippen LogP contribution in [0.3, 0.4) is 0 Å². The quantitative estimate of drug-likeness (QED) is 0.721. The number of hydrogen-bond acceptors (Lipinski definition) is 2. The summed E-state index contributed by atoms with van der Waals surface area (Å²) in [5.41, 5.74) is 3.35. The normalized spacial score (nSPS) is 10.3. The number of carbonyl (C=O) groups is 1. The zero-order valence-corrected chi connectivity index (χ0v) is 12.0. The SMILES string of the molecule is CC.Cc1cc(C)c(C(C)(C)C)c(OC=O)c1. The van der Waals surface area contributed by atoms with E-state index in [4.69, 9.17) is 4.74 Å². The van der Waals surface area contributed by atoms with Crippen molar-refractivity contribution in [2.75, 3.05) is 0 Å². The van der Waals surface area contributed by atoms with Gasteiger partial charge in [0.25, 0.3) is 6.47 Å². The van der Waals surface area contributed by atoms with Crippen LogP contribution >= 0.6 is 0 Å². The minimum atomic E-state index is -0.0177. The molecule has 0 aliphatic carbocycles. The molecule has 96 valence electrons. The van der Waals surface area contributed by atoms with Gasteiger partial charge in [-0.15, -0.1) is 0 Å². The van der Waals surface area contributed by atoms with Gasteiger partial charge in [-0.2, -0.15) is 0 Å². The van der Waals surface area contributed by atoms with Crippen molar-refractivity contribution in [2.24, 2.45) is 0 Å². The number of ether oxygens (including phenoxy) is 1. The van der Waals surface area contributed by atoms with E-state index in [1.165, 1.54) is 5.56 Å². The first-order valence-corrected chi connectivity index (χ1v) is 6.08. The summed E-state index contributed by atoms with van der Waals surface area (Å²) in [6, 6.07) is 4.01. The van der Waals surface area contributed by atoms with Gasteiger partial charge in [-0.3, -0.25) is 4.79 Å². The predicted molar refractivity (Wildman–Crippen MR) is 72.7 cm³/mol. The maximum absolute atomic E-state index is 10.5. The highest BCUT2D eigenvalue weighted by molar-refractivity contribution is 5.53. The van der Waals surface area contributed by atoms with Gasteiger partial charge in [0, 0.05) is 5.56 Å². The maximum Gasteiger partial charge on any atom is 0.298 e. The van der Waals surface area contributed by atoms with Gasteiger partial charge >= 0.3 is 0 Å². The zero-order chi connectivity index (χ0) is 13.6. The molecule has 0 unspecified atom stereocenters. The molecule has 2 nitrogen and oxygen atoms in total. The van der Waals surface area contributed by atoms with E-state index in [2.05, 4.69) is 26.8 Å². The van der Waals surface area contributed by atoms with Gasteiger partial charge in [-0.25, -0.2) is 0 Å². The molecule has 0 N–H and O–H groups in total. The fraction of sp³-hybridized carbons (Fsp3) is 0.533. The fourth-order valence-electron chi connectivity index (χ4n) is 2.03. The molecule has 0 saturated carbocycles. The average molecular weight is 236 g/mol. The molecular formula is C15H24O2. The van der Waals surface area contributed by atoms with Crippen LogP contribution in [0.25, 0.3) is 0 Å². The molecule has 0 aliphatic rings. The third-order valence-electron chi connectivity index (χ3n) is 2.37. The van der Waals surface area contributed by atoms with E-state index in [0.29, 0.717) is 12.2 Å². The smallest absolute Gasteiger partial charge is 0.298 e. The molecule has 0 amide bonds. The third-order valence-corrected chi connectivity index (χ3v) is 2.37. The van der Waals surface area contributed by atoms with Gasteiger partial charge in [0.2, 0.25) is 0 Å². The lowest BCUT2D eigenvalue weighted by Gasteiger charge is -2.24. The van der Waals surface area contributed by atoms with Gasteiger partial charge < -0.3 is 4.74 Å². The Morgan fingerprint density at radius 3 is 2.06 bits per heavy atom. The molecule has 0 aromatic heterocycles. The molecule has 0 radical (unpaired) electrons. The number of carbonyl (C=O) groups excluding carboxylic acids is 1. The molecule has 1 aromatic rings. The van der Waals surface area contributed by atoms with Crippen LogP contribution in [0.1, 0.15) is 51.3 Å². The Kier molecular flexibility index (Phi) is 5.94. The van der Waals surface area contributed by atoms with Crippen LogP contribution in [0.5, 0.6) is 5.75 Å². The summed E-state index contributed by atoms with van der Waals surface area (Å²) < 4.78 is 5.04. The molecule has 0 aliphatic heterocycles. The molecule has 0 spiro atoms. The van der Waals surface area contributed by atoms with Crippen LogP contribution < -0.4 is 4.74 Å². The largest absolute Gasteiger partial charge is 0.428 e. The van der Waals surface area contributed by atoms with Crippen molar-refractivity contribution in [3.63, 3.8) is 0 Å². The maximum atomic E-state index is 10.5. The first-order chi connectivity index (χ1) is 7.86. The number of hydrogen-bond donors (Lipinski definition) is 0. The molecule has 1 rings (SSSR count). The van der Waals surface area contributed by atoms with Crippen molar-refractivity contribution in [1.29, 1.82) is 0 Å². The Bertz CT molecular complexity index is 373. The van der Waals surface area contributed by atoms with Crippen molar-refractivity contribution in [1.82, 2.24) is 0 Å². The first kappa shape index (κ1) is 15.7. The van der Waals surface area contributed by atoms with Gasteiger partial charge in [0.15, 0.2) is 0 Å². The van der Waals surface area contributed by atoms with Crippen molar-refractivity contribution in [3.05, 3.63) is 28.8 Å². The summed E-state index contributed by atoms with van der Waals surface area (Å²) in [4.78, 5) is 10.5. The van der Waals surface area contributed by atoms with E-state index in [-0.39, 0.29) is 5.41 Å². The van der Waals surface area contributed by atoms with Crippen molar-refractivity contribution in [2.45, 2.75) is 53.9 Å². The third kappa shape index (κ3) is 4.22. The molecule has 0 atom stereocenters. The minimum absolute atomic E-state index is 0.0177. The Morgan fingerprint density at radius 2 is 1.65 bits per heavy atom. The number of rotatable bonds is 2. The predicted octanol–water partition coefficient (Wildman–Crippen LogP) is 4.16. The van der Waals surface area contributed by atoms with Crippen molar-refractivity contribution >= 4 is 6.47 Å². The second-order valence-corrected chi connectivity index (χ2v) is 4.92. The van der Waals surface area contributed by atoms with Crippen LogP contribution in [0.2, 0.25) is 0 Å². The lowest BCUT2D eigenvalue weighted by molar-refractivity contribution is -0.120. The van der Waals surface area contributed by atoms with Gasteiger partial charge in [0.1, 0.15) is 5.75 Å². The Balaban J connectivity index is 0.00000121. The summed E-state index contributed by atoms with van der Waals surface area (Å²) in [6.45, 7) is 14.9. The van der Waals surface area contributed by atoms with Crippen LogP contribution in [0.4, 0.5) is 0 Å². The van der Waals surface area contributed by atoms with Crippen LogP contribution in [-0.4, -0.2) is 6.47 Å². The van der Waals surface area contributed by atoms with E-state index >= 15 is 0 Å². The number of benzene rings is 1. The first-order valence-electron chi connectivity index (χ1n) is 6.08. The second-order valence-electron chi connectivity index (χ2n) is 4.92. The van der Waals surface area contributed by atoms with Gasteiger partial charge in [-0.05, 0) is 36.5 Å². The Hall–Kier alpha value is -1.31. The molecule has 0 fully saturated rings. The van der Waals surface area contributed by atoms with Crippen molar-refractivity contribution in [3.8, 4) is 5.75 Å². The van der Waals surface area contributed by atoms with Gasteiger partial charge in [-0.1, -0.05) is 40.7 Å². The van der Waals surface area contributed by atoms with Crippen molar-refractivity contribution < 1.29 is 9.53 Å². The molecule has 0 heterocycles. The highest BCUT2D eigenvalue weighted by Crippen LogP contribution is 2.34. The van der Waals surface area contributed by atoms with E-state index < -0.39 is 0 Å². The van der Waals surface area contributed by atoms with Gasteiger partial charge in [0.05, 0.1) is 0 Å². The molecule has 17 heavy (non-hydrogen) atoms. The highest BCUT2D eigenvalue weighted by atomic mass is 16.5. The fourth-order valence-corrected chi connectivity index (χ4v) is 2.03. The van der Waals surface area contributed by atoms with Crippen LogP contribution in [0.15, 0.2) is 12.1 Å². The van der Waals surface area contributed by atoms with E-state index in [1.54, 1.807) is 0 Å². The summed E-state index contributed by atoms with van der Waals surface area (Å²) in [7, 11) is 0. The Morgan fingerprint density at radius 1 is 1.12 bits per heavy atom. The van der Waals surface area contributed by atoms with E-state index in [0.717, 1.165) is 11.1 Å². The lowest BCUT2D eigenvalue weighted by Crippen LogP contribution is -2.15. The highest BCUT2D eigenvalue weighted by Gasteiger charge is 2.21. The summed E-state index contributed by atoms with van der Waals surface area (Å²) in [5.74, 6) is 0.676.